The van der Waals surface area contributed by atoms with Crippen molar-refractivity contribution in [1.82, 2.24) is 9.55 Å². The summed E-state index contributed by atoms with van der Waals surface area (Å²) >= 11 is 0. The molecule has 1 heterocycles. The van der Waals surface area contributed by atoms with Crippen molar-refractivity contribution in [3.63, 3.8) is 0 Å². The van der Waals surface area contributed by atoms with Crippen molar-refractivity contribution in [1.29, 1.82) is 0 Å². The highest BCUT2D eigenvalue weighted by Crippen LogP contribution is 2.28. The van der Waals surface area contributed by atoms with Crippen molar-refractivity contribution in [2.24, 2.45) is 0 Å². The molecule has 1 atom stereocenters. The van der Waals surface area contributed by atoms with Crippen LogP contribution in [0.15, 0.2) is 48.5 Å². The fourth-order valence-corrected chi connectivity index (χ4v) is 2.91. The van der Waals surface area contributed by atoms with Crippen LogP contribution in [0.4, 0.5) is 8.78 Å². The van der Waals surface area contributed by atoms with Gasteiger partial charge in [0.05, 0.1) is 25.3 Å². The van der Waals surface area contributed by atoms with Gasteiger partial charge in [0.15, 0.2) is 11.9 Å². The topological polar surface area (TPSA) is 62.6 Å². The average Bonchev–Trinajstić information content (AvgIpc) is 3.12. The third-order valence-electron chi connectivity index (χ3n) is 4.26. The van der Waals surface area contributed by atoms with E-state index in [1.165, 1.54) is 33.3 Å². The number of carbonyl (C=O) groups excluding carboxylic acids is 1. The summed E-state index contributed by atoms with van der Waals surface area (Å²) in [4.78, 5) is 16.4. The lowest BCUT2D eigenvalue weighted by molar-refractivity contribution is -0.143. The van der Waals surface area contributed by atoms with Crippen molar-refractivity contribution in [3.8, 4) is 11.5 Å². The Bertz CT molecular complexity index is 1020. The number of nitrogens with zero attached hydrogens (tertiary/aromatic N) is 2. The molecule has 1 aromatic heterocycles. The zero-order valence-electron chi connectivity index (χ0n) is 16.1. The number of halogens is 2. The lowest BCUT2D eigenvalue weighted by atomic mass is 10.2. The molecule has 0 radical (unpaired) electrons. The molecule has 0 bridgehead atoms. The second-order valence-electron chi connectivity index (χ2n) is 6.16. The van der Waals surface area contributed by atoms with Crippen LogP contribution in [0, 0.1) is 0 Å². The van der Waals surface area contributed by atoms with Crippen molar-refractivity contribution >= 4 is 23.1 Å². The number of ether oxygens (including phenoxy) is 3. The molecule has 6 nitrogen and oxygen atoms in total. The highest BCUT2D eigenvalue weighted by Gasteiger charge is 2.23. The van der Waals surface area contributed by atoms with Crippen LogP contribution in [0.2, 0.25) is 0 Å². The Labute approximate surface area is 166 Å². The first-order chi connectivity index (χ1) is 13.9. The Kier molecular flexibility index (Phi) is 6.11. The van der Waals surface area contributed by atoms with E-state index in [2.05, 4.69) is 4.98 Å². The molecule has 8 heteroatoms. The van der Waals surface area contributed by atoms with Gasteiger partial charge < -0.3 is 14.2 Å². The van der Waals surface area contributed by atoms with Gasteiger partial charge in [0.2, 0.25) is 0 Å². The van der Waals surface area contributed by atoms with Crippen LogP contribution in [0.25, 0.3) is 17.1 Å². The van der Waals surface area contributed by atoms with Crippen molar-refractivity contribution in [3.05, 3.63) is 59.9 Å². The summed E-state index contributed by atoms with van der Waals surface area (Å²) in [5.74, 6) is 0.422. The number of aromatic nitrogens is 2. The van der Waals surface area contributed by atoms with Gasteiger partial charge in [-0.2, -0.15) is 8.78 Å². The van der Waals surface area contributed by atoms with Gasteiger partial charge >= 0.3 is 12.5 Å². The quantitative estimate of drug-likeness (QED) is 0.421. The molecule has 0 aliphatic rings. The van der Waals surface area contributed by atoms with Crippen molar-refractivity contribution < 1.29 is 27.8 Å². The number of carbonyl (C=O) groups is 1. The Morgan fingerprint density at radius 2 is 1.76 bits per heavy atom. The predicted octanol–water partition coefficient (Wildman–Crippen LogP) is 4.77. The fourth-order valence-electron chi connectivity index (χ4n) is 2.91. The second kappa shape index (κ2) is 8.72. The third kappa shape index (κ3) is 4.53. The number of benzene rings is 2. The molecule has 0 saturated heterocycles. The number of esters is 1. The number of alkyl halides is 2. The SMILES string of the molecule is COc1cc(/C=C/C(=O)OC(C)c2nc3ccccc3n2C(F)F)cc(OC)c1. The maximum absolute atomic E-state index is 13.5. The number of imidazole rings is 1. The highest BCUT2D eigenvalue weighted by molar-refractivity contribution is 5.87. The molecule has 0 saturated carbocycles. The Balaban J connectivity index is 1.79. The first kappa shape index (κ1) is 20.3. The number of rotatable bonds is 7. The predicted molar refractivity (Wildman–Crippen MR) is 104 cm³/mol. The molecule has 3 rings (SSSR count). The summed E-state index contributed by atoms with van der Waals surface area (Å²) in [6, 6.07) is 11.7. The van der Waals surface area contributed by atoms with Crippen LogP contribution in [0.3, 0.4) is 0 Å². The summed E-state index contributed by atoms with van der Waals surface area (Å²) < 4.78 is 43.5. The van der Waals surface area contributed by atoms with E-state index in [4.69, 9.17) is 14.2 Å². The standard InChI is InChI=1S/C21H20F2N2O4/c1-13(20-24-17-6-4-5-7-18(17)25(20)21(22)23)29-19(26)9-8-14-10-15(27-2)12-16(11-14)28-3/h4-13,21H,1-3H3/b9-8+. The largest absolute Gasteiger partial charge is 0.497 e. The number of methoxy groups -OCH3 is 2. The molecule has 0 N–H and O–H groups in total. The molecule has 29 heavy (non-hydrogen) atoms. The summed E-state index contributed by atoms with van der Waals surface area (Å²) in [7, 11) is 3.04. The zero-order valence-corrected chi connectivity index (χ0v) is 16.1. The van der Waals surface area contributed by atoms with Gasteiger partial charge in [-0.3, -0.25) is 4.57 Å². The molecule has 0 fully saturated rings. The summed E-state index contributed by atoms with van der Waals surface area (Å²) in [6.45, 7) is -1.31. The van der Waals surface area contributed by atoms with Crippen LogP contribution >= 0.6 is 0 Å². The fraction of sp³-hybridized carbons (Fsp3) is 0.238. The van der Waals surface area contributed by atoms with Gasteiger partial charge in [0.25, 0.3) is 0 Å². The van der Waals surface area contributed by atoms with E-state index >= 15 is 0 Å². The average molecular weight is 402 g/mol. The Morgan fingerprint density at radius 1 is 1.10 bits per heavy atom. The molecule has 3 aromatic rings. The first-order valence-corrected chi connectivity index (χ1v) is 8.79. The third-order valence-corrected chi connectivity index (χ3v) is 4.26. The Morgan fingerprint density at radius 3 is 2.38 bits per heavy atom. The van der Waals surface area contributed by atoms with Gasteiger partial charge in [0.1, 0.15) is 11.5 Å². The number of para-hydroxylation sites is 2. The molecule has 0 aliphatic carbocycles. The molecule has 0 amide bonds. The van der Waals surface area contributed by atoms with Crippen LogP contribution in [-0.4, -0.2) is 29.7 Å². The zero-order chi connectivity index (χ0) is 21.0. The number of fused-ring (bicyclic) bond motifs is 1. The van der Waals surface area contributed by atoms with Gasteiger partial charge in [-0.1, -0.05) is 12.1 Å². The van der Waals surface area contributed by atoms with Gasteiger partial charge in [-0.05, 0) is 42.8 Å². The molecule has 0 aliphatic heterocycles. The van der Waals surface area contributed by atoms with E-state index in [-0.39, 0.29) is 11.3 Å². The van der Waals surface area contributed by atoms with E-state index in [0.717, 1.165) is 4.57 Å². The molecule has 0 spiro atoms. The van der Waals surface area contributed by atoms with Crippen LogP contribution in [0.5, 0.6) is 11.5 Å². The number of hydrogen-bond acceptors (Lipinski definition) is 5. The summed E-state index contributed by atoms with van der Waals surface area (Å²) in [6.07, 6.45) is 1.77. The van der Waals surface area contributed by atoms with Gasteiger partial charge in [-0.25, -0.2) is 9.78 Å². The maximum Gasteiger partial charge on any atom is 0.331 e. The lowest BCUT2D eigenvalue weighted by Crippen LogP contribution is -2.13. The van der Waals surface area contributed by atoms with Crippen molar-refractivity contribution in [2.45, 2.75) is 19.6 Å². The van der Waals surface area contributed by atoms with Gasteiger partial charge in [0, 0.05) is 12.1 Å². The molecule has 2 aromatic carbocycles. The van der Waals surface area contributed by atoms with Crippen molar-refractivity contribution in [2.75, 3.05) is 14.2 Å². The normalized spacial score (nSPS) is 12.5. The summed E-state index contributed by atoms with van der Waals surface area (Å²) in [5.41, 5.74) is 1.34. The molecule has 152 valence electrons. The minimum Gasteiger partial charge on any atom is -0.497 e. The van der Waals surface area contributed by atoms with Crippen LogP contribution in [0.1, 0.15) is 31.0 Å². The minimum absolute atomic E-state index is 0.0222. The van der Waals surface area contributed by atoms with Gasteiger partial charge in [-0.15, -0.1) is 0 Å². The minimum atomic E-state index is -2.81. The maximum atomic E-state index is 13.5. The van der Waals surface area contributed by atoms with E-state index in [1.807, 2.05) is 0 Å². The van der Waals surface area contributed by atoms with E-state index in [0.29, 0.717) is 22.6 Å². The van der Waals surface area contributed by atoms with Crippen LogP contribution in [-0.2, 0) is 9.53 Å². The smallest absolute Gasteiger partial charge is 0.331 e. The highest BCUT2D eigenvalue weighted by atomic mass is 19.3. The second-order valence-corrected chi connectivity index (χ2v) is 6.16. The summed E-state index contributed by atoms with van der Waals surface area (Å²) in [5, 5.41) is 0. The van der Waals surface area contributed by atoms with E-state index in [1.54, 1.807) is 42.5 Å². The molecular weight excluding hydrogens is 382 g/mol. The monoisotopic (exact) mass is 402 g/mol. The van der Waals surface area contributed by atoms with E-state index in [9.17, 15) is 13.6 Å². The lowest BCUT2D eigenvalue weighted by Gasteiger charge is -2.14. The van der Waals surface area contributed by atoms with Crippen LogP contribution < -0.4 is 9.47 Å². The molecule has 1 unspecified atom stereocenters. The van der Waals surface area contributed by atoms with E-state index < -0.39 is 18.6 Å². The number of hydrogen-bond donors (Lipinski definition) is 0. The first-order valence-electron chi connectivity index (χ1n) is 8.79. The Hall–Kier alpha value is -3.42. The molecular formula is C21H20F2N2O4.